The summed E-state index contributed by atoms with van der Waals surface area (Å²) in [5.74, 6) is -0.932. The van der Waals surface area contributed by atoms with E-state index < -0.39 is 11.5 Å². The van der Waals surface area contributed by atoms with Crippen LogP contribution in [0.1, 0.15) is 31.0 Å². The number of aromatic hydroxyl groups is 1. The summed E-state index contributed by atoms with van der Waals surface area (Å²) < 4.78 is 22.9. The second-order valence-electron chi connectivity index (χ2n) is 10.7. The number of carbonyl (C=O) groups excluding carboxylic acids is 1. The molecule has 0 bridgehead atoms. The van der Waals surface area contributed by atoms with Crippen LogP contribution in [0.2, 0.25) is 5.02 Å². The van der Waals surface area contributed by atoms with Crippen LogP contribution < -0.4 is 15.3 Å². The summed E-state index contributed by atoms with van der Waals surface area (Å²) in [6.07, 6.45) is 2.93. The van der Waals surface area contributed by atoms with Crippen molar-refractivity contribution in [2.45, 2.75) is 32.7 Å². The number of hydrogen-bond donors (Lipinski definition) is 1. The minimum atomic E-state index is -0.746. The van der Waals surface area contributed by atoms with Crippen LogP contribution in [-0.2, 0) is 4.79 Å². The third-order valence-electron chi connectivity index (χ3n) is 7.72. The zero-order chi connectivity index (χ0) is 29.9. The molecule has 1 aromatic carbocycles. The lowest BCUT2D eigenvalue weighted by molar-refractivity contribution is -0.126. The van der Waals surface area contributed by atoms with Gasteiger partial charge in [0.1, 0.15) is 40.1 Å². The van der Waals surface area contributed by atoms with Crippen LogP contribution in [0.25, 0.3) is 28.0 Å². The van der Waals surface area contributed by atoms with Gasteiger partial charge in [0, 0.05) is 25.8 Å². The molecule has 0 aliphatic carbocycles. The maximum atomic E-state index is 15.2. The number of hydrogen-bond acceptors (Lipinski definition) is 8. The number of ether oxygens (including phenoxy) is 1. The minimum Gasteiger partial charge on any atom is -0.507 e. The predicted octanol–water partition coefficient (Wildman–Crippen LogP) is 4.37. The molecule has 1 N–H and O–H groups in total. The van der Waals surface area contributed by atoms with Crippen molar-refractivity contribution in [2.75, 3.05) is 31.1 Å². The number of carbonyl (C=O) groups is 1. The molecule has 2 aliphatic rings. The lowest BCUT2D eigenvalue weighted by Gasteiger charge is -2.40. The molecule has 1 saturated heterocycles. The van der Waals surface area contributed by atoms with Crippen LogP contribution in [0.5, 0.6) is 11.5 Å². The van der Waals surface area contributed by atoms with Gasteiger partial charge in [0.05, 0.1) is 23.0 Å². The molecule has 6 rings (SSSR count). The average Bonchev–Trinajstić information content (AvgIpc) is 3.12. The summed E-state index contributed by atoms with van der Waals surface area (Å²) >= 11 is 6.91. The van der Waals surface area contributed by atoms with Crippen molar-refractivity contribution >= 4 is 34.4 Å². The lowest BCUT2D eigenvalue weighted by atomic mass is 10.0. The van der Waals surface area contributed by atoms with Gasteiger partial charge in [0.15, 0.2) is 11.4 Å². The largest absolute Gasteiger partial charge is 0.507 e. The highest BCUT2D eigenvalue weighted by Crippen LogP contribution is 2.47. The Labute approximate surface area is 245 Å². The molecule has 42 heavy (non-hydrogen) atoms. The number of aromatic nitrogens is 4. The Bertz CT molecular complexity index is 1820. The van der Waals surface area contributed by atoms with Crippen molar-refractivity contribution in [1.29, 1.82) is 0 Å². The van der Waals surface area contributed by atoms with Crippen molar-refractivity contribution in [2.24, 2.45) is 0 Å². The molecule has 216 valence electrons. The first-order chi connectivity index (χ1) is 20.1. The summed E-state index contributed by atoms with van der Waals surface area (Å²) in [5.41, 5.74) is 1.10. The Morgan fingerprint density at radius 3 is 2.76 bits per heavy atom. The topological polar surface area (TPSA) is 114 Å². The number of benzene rings is 1. The van der Waals surface area contributed by atoms with E-state index >= 15 is 4.39 Å². The van der Waals surface area contributed by atoms with Gasteiger partial charge in [-0.2, -0.15) is 4.98 Å². The van der Waals surface area contributed by atoms with Gasteiger partial charge >= 0.3 is 5.69 Å². The van der Waals surface area contributed by atoms with Gasteiger partial charge in [-0.1, -0.05) is 38.1 Å². The highest BCUT2D eigenvalue weighted by molar-refractivity contribution is 6.36. The highest BCUT2D eigenvalue weighted by atomic mass is 35.5. The van der Waals surface area contributed by atoms with E-state index in [-0.39, 0.29) is 57.9 Å². The van der Waals surface area contributed by atoms with Gasteiger partial charge in [0.2, 0.25) is 5.91 Å². The molecule has 0 saturated carbocycles. The van der Waals surface area contributed by atoms with E-state index in [4.69, 9.17) is 21.3 Å². The lowest BCUT2D eigenvalue weighted by Crippen LogP contribution is -2.56. The van der Waals surface area contributed by atoms with E-state index in [1.165, 1.54) is 28.8 Å². The normalized spacial score (nSPS) is 16.3. The molecule has 5 heterocycles. The fraction of sp³-hybridized carbons (Fsp3) is 0.300. The summed E-state index contributed by atoms with van der Waals surface area (Å²) in [6.45, 7) is 10.5. The number of pyridine rings is 2. The van der Waals surface area contributed by atoms with Crippen LogP contribution in [-0.4, -0.2) is 67.7 Å². The number of halogens is 2. The van der Waals surface area contributed by atoms with E-state index in [0.717, 1.165) is 5.56 Å². The first kappa shape index (κ1) is 27.6. The van der Waals surface area contributed by atoms with Crippen LogP contribution in [0.4, 0.5) is 10.2 Å². The standard InChI is InChI=1S/C30H28ClFN6O4/c1-5-20(40)36-11-12-37-17(13-36)14-42-27-22-28(37)35-30(41)38(26-16(4)9-10-33-24(26)15(2)3)29(22)34-25(23(27)31)21-18(32)7-6-8-19(21)39/h5-10,15,17,39H,1,11-14H2,2-4H3/t17-/m1/s1. The molecule has 10 nitrogen and oxygen atoms in total. The number of phenolic OH excluding ortho intramolecular Hbond substituents is 1. The summed E-state index contributed by atoms with van der Waals surface area (Å²) in [4.78, 5) is 43.9. The van der Waals surface area contributed by atoms with E-state index in [9.17, 15) is 14.7 Å². The van der Waals surface area contributed by atoms with Gasteiger partial charge in [-0.25, -0.2) is 18.7 Å². The maximum Gasteiger partial charge on any atom is 0.355 e. The van der Waals surface area contributed by atoms with Crippen LogP contribution in [0.15, 0.2) is 47.9 Å². The quantitative estimate of drug-likeness (QED) is 0.349. The fourth-order valence-electron chi connectivity index (χ4n) is 5.71. The Hall–Kier alpha value is -4.51. The Balaban J connectivity index is 1.71. The van der Waals surface area contributed by atoms with Crippen molar-refractivity contribution in [3.8, 4) is 28.4 Å². The number of anilines is 1. The number of aryl methyl sites for hydroxylation is 1. The molecular formula is C30H28ClFN6O4. The number of nitrogens with zero attached hydrogens (tertiary/aromatic N) is 6. The zero-order valence-electron chi connectivity index (χ0n) is 23.3. The predicted molar refractivity (Wildman–Crippen MR) is 157 cm³/mol. The first-order valence-corrected chi connectivity index (χ1v) is 13.9. The SMILES string of the molecule is C=CC(=O)N1CCN2c3nc(=O)n(-c4c(C)ccnc4C(C)C)c4nc(-c5c(O)cccc5F)c(Cl)c(c34)OC[C@H]2C1. The number of phenols is 1. The Morgan fingerprint density at radius 1 is 1.26 bits per heavy atom. The van der Waals surface area contributed by atoms with E-state index in [1.54, 1.807) is 17.2 Å². The molecule has 1 atom stereocenters. The number of fused-ring (bicyclic) bond motifs is 2. The van der Waals surface area contributed by atoms with E-state index in [0.29, 0.717) is 42.2 Å². The van der Waals surface area contributed by atoms with Gasteiger partial charge in [0.25, 0.3) is 0 Å². The minimum absolute atomic E-state index is 0.0398. The summed E-state index contributed by atoms with van der Waals surface area (Å²) in [5, 5.41) is 11.0. The second kappa shape index (κ2) is 10.4. The molecule has 3 aromatic heterocycles. The molecule has 0 unspecified atom stereocenters. The first-order valence-electron chi connectivity index (χ1n) is 13.5. The van der Waals surface area contributed by atoms with Crippen molar-refractivity contribution in [3.05, 3.63) is 75.7 Å². The van der Waals surface area contributed by atoms with Crippen LogP contribution in [0.3, 0.4) is 0 Å². The number of piperazine rings is 1. The molecule has 0 spiro atoms. The molecule has 0 radical (unpaired) electrons. The second-order valence-corrected chi connectivity index (χ2v) is 11.0. The molecule has 1 amide bonds. The monoisotopic (exact) mass is 590 g/mol. The molecular weight excluding hydrogens is 563 g/mol. The molecule has 12 heteroatoms. The van der Waals surface area contributed by atoms with Crippen molar-refractivity contribution < 1.29 is 19.0 Å². The third kappa shape index (κ3) is 4.27. The smallest absolute Gasteiger partial charge is 0.355 e. The number of amides is 1. The fourth-order valence-corrected chi connectivity index (χ4v) is 5.99. The van der Waals surface area contributed by atoms with Gasteiger partial charge in [-0.05, 0) is 42.7 Å². The average molecular weight is 591 g/mol. The van der Waals surface area contributed by atoms with Gasteiger partial charge < -0.3 is 19.6 Å². The van der Waals surface area contributed by atoms with Crippen LogP contribution >= 0.6 is 11.6 Å². The van der Waals surface area contributed by atoms with E-state index in [1.807, 2.05) is 25.7 Å². The Morgan fingerprint density at radius 2 is 2.05 bits per heavy atom. The summed E-state index contributed by atoms with van der Waals surface area (Å²) in [7, 11) is 0. The molecule has 2 aliphatic heterocycles. The van der Waals surface area contributed by atoms with E-state index in [2.05, 4.69) is 16.5 Å². The molecule has 4 aromatic rings. The third-order valence-corrected chi connectivity index (χ3v) is 8.07. The Kier molecular flexibility index (Phi) is 6.84. The van der Waals surface area contributed by atoms with Crippen molar-refractivity contribution in [1.82, 2.24) is 24.4 Å². The maximum absolute atomic E-state index is 15.2. The zero-order valence-corrected chi connectivity index (χ0v) is 24.0. The van der Waals surface area contributed by atoms with Crippen LogP contribution in [0, 0.1) is 12.7 Å². The highest BCUT2D eigenvalue weighted by Gasteiger charge is 2.37. The summed E-state index contributed by atoms with van der Waals surface area (Å²) in [6, 6.07) is 5.31. The molecule has 1 fully saturated rings. The number of rotatable bonds is 4. The van der Waals surface area contributed by atoms with Gasteiger partial charge in [-0.3, -0.25) is 9.78 Å². The van der Waals surface area contributed by atoms with Crippen molar-refractivity contribution in [3.63, 3.8) is 0 Å². The van der Waals surface area contributed by atoms with Gasteiger partial charge in [-0.15, -0.1) is 0 Å².